The molecular formula is C16H24N2O. The van der Waals surface area contributed by atoms with Crippen LogP contribution in [-0.2, 0) is 13.0 Å². The Balaban J connectivity index is 1.64. The molecule has 0 spiro atoms. The fourth-order valence-corrected chi connectivity index (χ4v) is 3.33. The van der Waals surface area contributed by atoms with Gasteiger partial charge >= 0.3 is 0 Å². The van der Waals surface area contributed by atoms with E-state index in [0.29, 0.717) is 0 Å². The van der Waals surface area contributed by atoms with Crippen molar-refractivity contribution in [1.29, 1.82) is 0 Å². The van der Waals surface area contributed by atoms with E-state index >= 15 is 0 Å². The van der Waals surface area contributed by atoms with Crippen LogP contribution < -0.4 is 10.6 Å². The van der Waals surface area contributed by atoms with Gasteiger partial charge < -0.3 is 15.7 Å². The van der Waals surface area contributed by atoms with Gasteiger partial charge in [0.25, 0.3) is 0 Å². The molecule has 3 heteroatoms. The van der Waals surface area contributed by atoms with Crippen LogP contribution >= 0.6 is 0 Å². The molecule has 1 aliphatic carbocycles. The molecule has 19 heavy (non-hydrogen) atoms. The van der Waals surface area contributed by atoms with Gasteiger partial charge in [-0.25, -0.2) is 0 Å². The summed E-state index contributed by atoms with van der Waals surface area (Å²) in [4.78, 5) is 0. The maximum atomic E-state index is 10.1. The van der Waals surface area contributed by atoms with Crippen LogP contribution in [0.3, 0.4) is 0 Å². The lowest BCUT2D eigenvalue weighted by molar-refractivity contribution is 0.119. The number of benzene rings is 1. The van der Waals surface area contributed by atoms with Gasteiger partial charge in [-0.05, 0) is 30.4 Å². The summed E-state index contributed by atoms with van der Waals surface area (Å²) < 4.78 is 0. The zero-order valence-electron chi connectivity index (χ0n) is 11.5. The Kier molecular flexibility index (Phi) is 4.04. The van der Waals surface area contributed by atoms with Crippen molar-refractivity contribution in [1.82, 2.24) is 5.32 Å². The molecule has 0 bridgehead atoms. The number of aliphatic hydroxyl groups excluding tert-OH is 1. The van der Waals surface area contributed by atoms with Crippen LogP contribution in [0.2, 0.25) is 0 Å². The fraction of sp³-hybridized carbons (Fsp3) is 0.625. The van der Waals surface area contributed by atoms with Crippen LogP contribution in [0.4, 0.5) is 5.69 Å². The summed E-state index contributed by atoms with van der Waals surface area (Å²) in [5.41, 5.74) is 4.09. The van der Waals surface area contributed by atoms with Crippen molar-refractivity contribution < 1.29 is 5.11 Å². The summed E-state index contributed by atoms with van der Waals surface area (Å²) in [5, 5.41) is 17.2. The van der Waals surface area contributed by atoms with Gasteiger partial charge in [0.05, 0.1) is 6.10 Å². The second-order valence-electron chi connectivity index (χ2n) is 5.82. The molecule has 3 nitrogen and oxygen atoms in total. The van der Waals surface area contributed by atoms with E-state index in [4.69, 9.17) is 0 Å². The Morgan fingerprint density at radius 1 is 1.21 bits per heavy atom. The van der Waals surface area contributed by atoms with E-state index in [-0.39, 0.29) is 12.1 Å². The molecule has 3 rings (SSSR count). The monoisotopic (exact) mass is 260 g/mol. The van der Waals surface area contributed by atoms with Crippen LogP contribution in [0.15, 0.2) is 18.2 Å². The quantitative estimate of drug-likeness (QED) is 0.731. The minimum absolute atomic E-state index is 0.174. The first kappa shape index (κ1) is 12.9. The van der Waals surface area contributed by atoms with Gasteiger partial charge in [0.1, 0.15) is 0 Å². The lowest BCUT2D eigenvalue weighted by atomic mass is 10.0. The largest absolute Gasteiger partial charge is 0.392 e. The fourth-order valence-electron chi connectivity index (χ4n) is 3.33. The van der Waals surface area contributed by atoms with Gasteiger partial charge in [0.2, 0.25) is 0 Å². The van der Waals surface area contributed by atoms with Crippen molar-refractivity contribution >= 4 is 5.69 Å². The van der Waals surface area contributed by atoms with Crippen molar-refractivity contribution in [3.63, 3.8) is 0 Å². The number of nitrogens with one attached hydrogen (secondary N) is 2. The second kappa shape index (κ2) is 5.93. The molecular weight excluding hydrogens is 236 g/mol. The van der Waals surface area contributed by atoms with E-state index in [0.717, 1.165) is 32.4 Å². The van der Waals surface area contributed by atoms with Crippen LogP contribution in [0.1, 0.15) is 43.2 Å². The van der Waals surface area contributed by atoms with Gasteiger partial charge in [-0.3, -0.25) is 0 Å². The highest BCUT2D eigenvalue weighted by atomic mass is 16.3. The maximum absolute atomic E-state index is 10.1. The Morgan fingerprint density at radius 3 is 3.05 bits per heavy atom. The SMILES string of the molecule is OC1CCCCCC1NCc1cccc2c1NCC2. The van der Waals surface area contributed by atoms with Gasteiger partial charge in [0.15, 0.2) is 0 Å². The zero-order valence-corrected chi connectivity index (χ0v) is 11.5. The number of para-hydroxylation sites is 1. The van der Waals surface area contributed by atoms with E-state index in [2.05, 4.69) is 28.8 Å². The summed E-state index contributed by atoms with van der Waals surface area (Å²) in [6.07, 6.45) is 6.67. The number of hydrogen-bond donors (Lipinski definition) is 3. The Bertz CT molecular complexity index is 433. The number of fused-ring (bicyclic) bond motifs is 1. The smallest absolute Gasteiger partial charge is 0.0693 e. The summed E-state index contributed by atoms with van der Waals surface area (Å²) in [6.45, 7) is 1.91. The van der Waals surface area contributed by atoms with Crippen molar-refractivity contribution in [3.05, 3.63) is 29.3 Å². The normalized spacial score (nSPS) is 26.6. The Labute approximate surface area is 115 Å². The van der Waals surface area contributed by atoms with Crippen molar-refractivity contribution in [2.24, 2.45) is 0 Å². The third-order valence-corrected chi connectivity index (χ3v) is 4.47. The first-order chi connectivity index (χ1) is 9.34. The van der Waals surface area contributed by atoms with E-state index in [1.54, 1.807) is 0 Å². The van der Waals surface area contributed by atoms with E-state index < -0.39 is 0 Å². The lowest BCUT2D eigenvalue weighted by Gasteiger charge is -2.22. The molecule has 0 aromatic heterocycles. The minimum Gasteiger partial charge on any atom is -0.392 e. The van der Waals surface area contributed by atoms with Crippen LogP contribution in [-0.4, -0.2) is 23.8 Å². The average Bonchev–Trinajstić information content (AvgIpc) is 2.81. The Hall–Kier alpha value is -1.06. The van der Waals surface area contributed by atoms with Crippen LogP contribution in [0, 0.1) is 0 Å². The van der Waals surface area contributed by atoms with Gasteiger partial charge in [0, 0.05) is 24.8 Å². The third-order valence-electron chi connectivity index (χ3n) is 4.47. The molecule has 1 aliphatic heterocycles. The summed E-state index contributed by atoms with van der Waals surface area (Å²) in [6, 6.07) is 6.80. The molecule has 0 radical (unpaired) electrons. The molecule has 2 aliphatic rings. The zero-order chi connectivity index (χ0) is 13.1. The molecule has 2 unspecified atom stereocenters. The topological polar surface area (TPSA) is 44.3 Å². The molecule has 1 saturated carbocycles. The summed E-state index contributed by atoms with van der Waals surface area (Å²) in [5.74, 6) is 0. The molecule has 1 fully saturated rings. The standard InChI is InChI=1S/C16H24N2O/c19-15-8-3-1-2-7-14(15)18-11-13-6-4-5-12-9-10-17-16(12)13/h4-6,14-15,17-19H,1-3,7-11H2. The molecule has 1 aromatic carbocycles. The maximum Gasteiger partial charge on any atom is 0.0693 e. The predicted molar refractivity (Wildman–Crippen MR) is 78.4 cm³/mol. The summed E-state index contributed by atoms with van der Waals surface area (Å²) >= 11 is 0. The molecule has 2 atom stereocenters. The summed E-state index contributed by atoms with van der Waals surface area (Å²) in [7, 11) is 0. The number of aliphatic hydroxyl groups is 1. The predicted octanol–water partition coefficient (Wildman–Crippen LogP) is 2.44. The van der Waals surface area contributed by atoms with Crippen molar-refractivity contribution in [3.8, 4) is 0 Å². The lowest BCUT2D eigenvalue weighted by Crippen LogP contribution is -2.38. The van der Waals surface area contributed by atoms with Crippen molar-refractivity contribution in [2.45, 2.75) is 57.2 Å². The Morgan fingerprint density at radius 2 is 2.11 bits per heavy atom. The van der Waals surface area contributed by atoms with Gasteiger partial charge in [-0.15, -0.1) is 0 Å². The third kappa shape index (κ3) is 2.93. The second-order valence-corrected chi connectivity index (χ2v) is 5.82. The van der Waals surface area contributed by atoms with Crippen LogP contribution in [0.25, 0.3) is 0 Å². The highest BCUT2D eigenvalue weighted by molar-refractivity contribution is 5.61. The van der Waals surface area contributed by atoms with E-state index in [1.807, 2.05) is 0 Å². The van der Waals surface area contributed by atoms with Gasteiger partial charge in [-0.1, -0.05) is 37.5 Å². The average molecular weight is 260 g/mol. The molecule has 3 N–H and O–H groups in total. The van der Waals surface area contributed by atoms with Gasteiger partial charge in [-0.2, -0.15) is 0 Å². The molecule has 0 saturated heterocycles. The highest BCUT2D eigenvalue weighted by Crippen LogP contribution is 2.27. The van der Waals surface area contributed by atoms with E-state index in [9.17, 15) is 5.11 Å². The molecule has 1 aromatic rings. The van der Waals surface area contributed by atoms with Crippen molar-refractivity contribution in [2.75, 3.05) is 11.9 Å². The highest BCUT2D eigenvalue weighted by Gasteiger charge is 2.21. The number of anilines is 1. The first-order valence-electron chi connectivity index (χ1n) is 7.60. The first-order valence-corrected chi connectivity index (χ1v) is 7.60. The number of rotatable bonds is 3. The molecule has 1 heterocycles. The number of hydrogen-bond acceptors (Lipinski definition) is 3. The molecule has 0 amide bonds. The van der Waals surface area contributed by atoms with Crippen LogP contribution in [0.5, 0.6) is 0 Å². The minimum atomic E-state index is -0.174. The molecule has 104 valence electrons. The van der Waals surface area contributed by atoms with E-state index in [1.165, 1.54) is 36.1 Å².